The molecule has 0 bridgehead atoms. The van der Waals surface area contributed by atoms with Gasteiger partial charge in [-0.1, -0.05) is 17.7 Å². The van der Waals surface area contributed by atoms with E-state index >= 15 is 0 Å². The fraction of sp³-hybridized carbons (Fsp3) is 0.167. The summed E-state index contributed by atoms with van der Waals surface area (Å²) in [6.07, 6.45) is 1.42. The number of benzene rings is 2. The topological polar surface area (TPSA) is 52.1 Å². The Morgan fingerprint density at radius 2 is 2.00 bits per heavy atom. The van der Waals surface area contributed by atoms with Gasteiger partial charge in [0, 0.05) is 29.1 Å². The van der Waals surface area contributed by atoms with Crippen LogP contribution in [0.25, 0.3) is 22.6 Å². The molecule has 1 fully saturated rings. The Morgan fingerprint density at radius 1 is 1.23 bits per heavy atom. The maximum atomic E-state index is 13.8. The molecule has 2 heterocycles. The summed E-state index contributed by atoms with van der Waals surface area (Å²) in [5.74, 6) is 0.367. The standard InChI is InChI=1S/C18H14BrClFN3OS/c19-13-3-1-10(5-15(13)21)16-7-22-18(23-16)11-2-4-14(20)17(6-11)26-24-8-12(25)9-24/h1-7,12,25H,8-9H2,(H,22,23). The number of hydrogen-bond acceptors (Lipinski definition) is 4. The Kier molecular flexibility index (Phi) is 5.07. The molecule has 4 nitrogen and oxygen atoms in total. The largest absolute Gasteiger partial charge is 0.390 e. The number of rotatable bonds is 4. The first kappa shape index (κ1) is 18.0. The molecular formula is C18H14BrClFN3OS. The third-order valence-electron chi connectivity index (χ3n) is 4.07. The lowest BCUT2D eigenvalue weighted by Crippen LogP contribution is -2.46. The zero-order chi connectivity index (χ0) is 18.3. The van der Waals surface area contributed by atoms with E-state index in [1.54, 1.807) is 12.3 Å². The number of aliphatic hydroxyl groups is 1. The first-order valence-electron chi connectivity index (χ1n) is 7.91. The van der Waals surface area contributed by atoms with Crippen molar-refractivity contribution in [1.29, 1.82) is 0 Å². The predicted molar refractivity (Wildman–Crippen MR) is 106 cm³/mol. The third-order valence-corrected chi connectivity index (χ3v) is 6.24. The molecule has 0 saturated carbocycles. The number of aromatic amines is 1. The number of imidazole rings is 1. The average molecular weight is 455 g/mol. The van der Waals surface area contributed by atoms with Crippen LogP contribution in [0.4, 0.5) is 4.39 Å². The number of H-pyrrole nitrogens is 1. The third kappa shape index (κ3) is 3.68. The van der Waals surface area contributed by atoms with Gasteiger partial charge in [-0.15, -0.1) is 0 Å². The van der Waals surface area contributed by atoms with Crippen LogP contribution in [-0.2, 0) is 0 Å². The zero-order valence-corrected chi connectivity index (χ0v) is 16.6. The monoisotopic (exact) mass is 453 g/mol. The minimum atomic E-state index is -0.319. The first-order chi connectivity index (χ1) is 12.5. The van der Waals surface area contributed by atoms with Gasteiger partial charge in [-0.2, -0.15) is 0 Å². The molecule has 0 atom stereocenters. The molecule has 134 valence electrons. The van der Waals surface area contributed by atoms with Crippen LogP contribution < -0.4 is 0 Å². The molecule has 0 amide bonds. The molecular weight excluding hydrogens is 441 g/mol. The summed E-state index contributed by atoms with van der Waals surface area (Å²) in [5.41, 5.74) is 2.35. The molecule has 1 aliphatic rings. The maximum absolute atomic E-state index is 13.8. The van der Waals surface area contributed by atoms with Gasteiger partial charge in [-0.25, -0.2) is 13.7 Å². The fourth-order valence-corrected chi connectivity index (χ4v) is 4.20. The Hall–Kier alpha value is -1.38. The minimum Gasteiger partial charge on any atom is -0.390 e. The fourth-order valence-electron chi connectivity index (χ4n) is 2.63. The highest BCUT2D eigenvalue weighted by molar-refractivity contribution is 9.10. The van der Waals surface area contributed by atoms with Crippen LogP contribution in [-0.4, -0.2) is 38.6 Å². The van der Waals surface area contributed by atoms with Crippen LogP contribution in [0.5, 0.6) is 0 Å². The zero-order valence-electron chi connectivity index (χ0n) is 13.4. The van der Waals surface area contributed by atoms with Gasteiger partial charge < -0.3 is 10.1 Å². The van der Waals surface area contributed by atoms with Crippen LogP contribution >= 0.6 is 39.5 Å². The summed E-state index contributed by atoms with van der Waals surface area (Å²) >= 11 is 11.0. The smallest absolute Gasteiger partial charge is 0.138 e. The van der Waals surface area contributed by atoms with Crippen LogP contribution in [0.15, 0.2) is 52.0 Å². The lowest BCUT2D eigenvalue weighted by atomic mass is 10.2. The van der Waals surface area contributed by atoms with Crippen LogP contribution in [0.3, 0.4) is 0 Å². The Bertz CT molecular complexity index is 961. The number of nitrogens with one attached hydrogen (secondary N) is 1. The van der Waals surface area contributed by atoms with Gasteiger partial charge in [-0.3, -0.25) is 0 Å². The highest BCUT2D eigenvalue weighted by atomic mass is 79.9. The molecule has 8 heteroatoms. The van der Waals surface area contributed by atoms with Gasteiger partial charge in [0.2, 0.25) is 0 Å². The molecule has 1 aliphatic heterocycles. The average Bonchev–Trinajstić information content (AvgIpc) is 3.08. The number of aromatic nitrogens is 2. The van der Waals surface area contributed by atoms with E-state index in [0.29, 0.717) is 28.4 Å². The normalized spacial score (nSPS) is 15.2. The molecule has 0 spiro atoms. The van der Waals surface area contributed by atoms with Crippen LogP contribution in [0, 0.1) is 5.82 Å². The molecule has 0 aliphatic carbocycles. The summed E-state index contributed by atoms with van der Waals surface area (Å²) < 4.78 is 16.2. The van der Waals surface area contributed by atoms with E-state index in [1.165, 1.54) is 18.0 Å². The number of aliphatic hydroxyl groups excluding tert-OH is 1. The van der Waals surface area contributed by atoms with Crippen molar-refractivity contribution in [3.63, 3.8) is 0 Å². The Morgan fingerprint density at radius 3 is 2.73 bits per heavy atom. The van der Waals surface area contributed by atoms with Crippen molar-refractivity contribution >= 4 is 39.5 Å². The highest BCUT2D eigenvalue weighted by Gasteiger charge is 2.26. The maximum Gasteiger partial charge on any atom is 0.138 e. The molecule has 1 aromatic heterocycles. The number of nitrogens with zero attached hydrogens (tertiary/aromatic N) is 2. The Balaban J connectivity index is 1.59. The van der Waals surface area contributed by atoms with Crippen molar-refractivity contribution < 1.29 is 9.50 Å². The van der Waals surface area contributed by atoms with Crippen LogP contribution in [0.1, 0.15) is 0 Å². The second kappa shape index (κ2) is 7.32. The van der Waals surface area contributed by atoms with Crippen LogP contribution in [0.2, 0.25) is 5.02 Å². The van der Waals surface area contributed by atoms with Gasteiger partial charge in [0.1, 0.15) is 11.6 Å². The van der Waals surface area contributed by atoms with E-state index in [-0.39, 0.29) is 11.9 Å². The van der Waals surface area contributed by atoms with Gasteiger partial charge >= 0.3 is 0 Å². The molecule has 1 saturated heterocycles. The molecule has 26 heavy (non-hydrogen) atoms. The van der Waals surface area contributed by atoms with Gasteiger partial charge in [0.15, 0.2) is 0 Å². The molecule has 4 rings (SSSR count). The minimum absolute atomic E-state index is 0.261. The lowest BCUT2D eigenvalue weighted by molar-refractivity contribution is 0.0616. The molecule has 3 aromatic rings. The van der Waals surface area contributed by atoms with Gasteiger partial charge in [-0.05, 0) is 58.2 Å². The van der Waals surface area contributed by atoms with Crippen molar-refractivity contribution in [2.75, 3.05) is 13.1 Å². The van der Waals surface area contributed by atoms with E-state index in [4.69, 9.17) is 11.6 Å². The second-order valence-corrected chi connectivity index (χ2v) is 8.41. The summed E-state index contributed by atoms with van der Waals surface area (Å²) in [4.78, 5) is 8.55. The van der Waals surface area contributed by atoms with Gasteiger partial charge in [0.05, 0.1) is 27.5 Å². The molecule has 2 N–H and O–H groups in total. The molecule has 2 aromatic carbocycles. The number of halogens is 3. The lowest BCUT2D eigenvalue weighted by Gasteiger charge is -2.34. The summed E-state index contributed by atoms with van der Waals surface area (Å²) in [6.45, 7) is 1.26. The predicted octanol–water partition coefficient (Wildman–Crippen LogP) is 4.98. The number of β-amino-alcohol motifs (C(OH)–C–C–N with tert-alkyl or cyclic N) is 1. The van der Waals surface area contributed by atoms with E-state index in [9.17, 15) is 9.50 Å². The van der Waals surface area contributed by atoms with E-state index in [2.05, 4.69) is 25.9 Å². The molecule has 0 radical (unpaired) electrons. The van der Waals surface area contributed by atoms with Crippen molar-refractivity contribution in [2.45, 2.75) is 11.0 Å². The highest BCUT2D eigenvalue weighted by Crippen LogP contribution is 2.35. The SMILES string of the molecule is OC1CN(Sc2cc(-c3ncc(-c4ccc(Br)c(F)c4)[nH]3)ccc2Cl)C1. The summed E-state index contributed by atoms with van der Waals surface area (Å²) in [6, 6.07) is 10.6. The van der Waals surface area contributed by atoms with Crippen molar-refractivity contribution in [1.82, 2.24) is 14.3 Å². The summed E-state index contributed by atoms with van der Waals surface area (Å²) in [5, 5.41) is 10.1. The van der Waals surface area contributed by atoms with E-state index in [0.717, 1.165) is 21.7 Å². The first-order valence-corrected chi connectivity index (χ1v) is 9.85. The Labute approximate surface area is 167 Å². The van der Waals surface area contributed by atoms with E-state index < -0.39 is 0 Å². The van der Waals surface area contributed by atoms with Gasteiger partial charge in [0.25, 0.3) is 0 Å². The molecule has 0 unspecified atom stereocenters. The number of hydrogen-bond donors (Lipinski definition) is 2. The van der Waals surface area contributed by atoms with E-state index in [1.807, 2.05) is 28.6 Å². The van der Waals surface area contributed by atoms with Crippen molar-refractivity contribution in [3.8, 4) is 22.6 Å². The van der Waals surface area contributed by atoms with Crippen molar-refractivity contribution in [3.05, 3.63) is 57.9 Å². The second-order valence-electron chi connectivity index (χ2n) is 6.01. The quantitative estimate of drug-likeness (QED) is 0.546. The summed E-state index contributed by atoms with van der Waals surface area (Å²) in [7, 11) is 0. The van der Waals surface area contributed by atoms with Crippen molar-refractivity contribution in [2.24, 2.45) is 0 Å².